The van der Waals surface area contributed by atoms with Gasteiger partial charge in [0.25, 0.3) is 0 Å². The van der Waals surface area contributed by atoms with Gasteiger partial charge in [-0.1, -0.05) is 19.1 Å². The highest BCUT2D eigenvalue weighted by molar-refractivity contribution is 7.99. The second kappa shape index (κ2) is 7.93. The Labute approximate surface area is 130 Å². The van der Waals surface area contributed by atoms with Crippen LogP contribution < -0.4 is 4.72 Å². The molecule has 0 spiro atoms. The summed E-state index contributed by atoms with van der Waals surface area (Å²) in [6.45, 7) is 3.32. The summed E-state index contributed by atoms with van der Waals surface area (Å²) in [7, 11) is -3.72. The maximum Gasteiger partial charge on any atom is 0.240 e. The number of hydrogen-bond acceptors (Lipinski definition) is 5. The Morgan fingerprint density at radius 2 is 2.10 bits per heavy atom. The molecule has 2 unspecified atom stereocenters. The van der Waals surface area contributed by atoms with Gasteiger partial charge in [-0.15, -0.1) is 0 Å². The first kappa shape index (κ1) is 18.2. The van der Waals surface area contributed by atoms with Crippen LogP contribution in [0.1, 0.15) is 30.6 Å². The van der Waals surface area contributed by atoms with Crippen molar-refractivity contribution < 1.29 is 18.3 Å². The van der Waals surface area contributed by atoms with Gasteiger partial charge in [0.15, 0.2) is 5.78 Å². The zero-order valence-corrected chi connectivity index (χ0v) is 14.0. The molecule has 0 radical (unpaired) electrons. The smallest absolute Gasteiger partial charge is 0.240 e. The van der Waals surface area contributed by atoms with Gasteiger partial charge in [0.05, 0.1) is 11.5 Å². The summed E-state index contributed by atoms with van der Waals surface area (Å²) in [6, 6.07) is 5.58. The molecule has 2 atom stereocenters. The SMILES string of the molecule is CCC(=O)c1cccc(S(=O)(=O)NC(C)C(CO)SC)c1. The Morgan fingerprint density at radius 1 is 1.43 bits per heavy atom. The fourth-order valence-electron chi connectivity index (χ4n) is 1.87. The molecule has 7 heteroatoms. The van der Waals surface area contributed by atoms with Crippen molar-refractivity contribution in [1.82, 2.24) is 4.72 Å². The minimum Gasteiger partial charge on any atom is -0.395 e. The van der Waals surface area contributed by atoms with Crippen molar-refractivity contribution in [2.45, 2.75) is 36.5 Å². The highest BCUT2D eigenvalue weighted by Crippen LogP contribution is 2.16. The number of hydrogen-bond donors (Lipinski definition) is 2. The third-order valence-corrected chi connectivity index (χ3v) is 5.89. The van der Waals surface area contributed by atoms with Crippen LogP contribution in [0.5, 0.6) is 0 Å². The summed E-state index contributed by atoms with van der Waals surface area (Å²) in [6.07, 6.45) is 2.14. The molecule has 0 saturated carbocycles. The molecule has 1 aromatic carbocycles. The van der Waals surface area contributed by atoms with Gasteiger partial charge >= 0.3 is 0 Å². The number of ketones is 1. The lowest BCUT2D eigenvalue weighted by Gasteiger charge is -2.21. The van der Waals surface area contributed by atoms with E-state index in [9.17, 15) is 18.3 Å². The number of nitrogens with one attached hydrogen (secondary N) is 1. The Morgan fingerprint density at radius 3 is 2.62 bits per heavy atom. The normalized spacial score (nSPS) is 14.7. The van der Waals surface area contributed by atoms with Gasteiger partial charge in [0.1, 0.15) is 0 Å². The largest absolute Gasteiger partial charge is 0.395 e. The van der Waals surface area contributed by atoms with E-state index >= 15 is 0 Å². The lowest BCUT2D eigenvalue weighted by molar-refractivity contribution is 0.0988. The molecular weight excluding hydrogens is 310 g/mol. The number of carbonyl (C=O) groups excluding carboxylic acids is 1. The number of thioether (sulfide) groups is 1. The fraction of sp³-hybridized carbons (Fsp3) is 0.500. The number of carbonyl (C=O) groups is 1. The highest BCUT2D eigenvalue weighted by Gasteiger charge is 2.23. The van der Waals surface area contributed by atoms with Crippen molar-refractivity contribution in [3.63, 3.8) is 0 Å². The van der Waals surface area contributed by atoms with Crippen molar-refractivity contribution in [3.8, 4) is 0 Å². The van der Waals surface area contributed by atoms with E-state index in [0.717, 1.165) is 0 Å². The van der Waals surface area contributed by atoms with Gasteiger partial charge in [-0.2, -0.15) is 11.8 Å². The van der Waals surface area contributed by atoms with E-state index in [1.54, 1.807) is 26.0 Å². The molecule has 21 heavy (non-hydrogen) atoms. The van der Waals surface area contributed by atoms with Crippen LogP contribution >= 0.6 is 11.8 Å². The van der Waals surface area contributed by atoms with Crippen LogP contribution in [-0.4, -0.2) is 43.5 Å². The van der Waals surface area contributed by atoms with Crippen LogP contribution in [-0.2, 0) is 10.0 Å². The maximum atomic E-state index is 12.3. The van der Waals surface area contributed by atoms with E-state index in [-0.39, 0.29) is 22.5 Å². The van der Waals surface area contributed by atoms with E-state index in [1.807, 2.05) is 6.26 Å². The molecular formula is C14H21NO4S2. The number of rotatable bonds is 8. The summed E-state index contributed by atoms with van der Waals surface area (Å²) < 4.78 is 27.2. The Balaban J connectivity index is 3.00. The first-order valence-electron chi connectivity index (χ1n) is 6.65. The fourth-order valence-corrected chi connectivity index (χ4v) is 3.91. The minimum atomic E-state index is -3.72. The number of benzene rings is 1. The van der Waals surface area contributed by atoms with E-state index in [1.165, 1.54) is 23.9 Å². The van der Waals surface area contributed by atoms with Crippen LogP contribution in [0.2, 0.25) is 0 Å². The van der Waals surface area contributed by atoms with Crippen LogP contribution in [0.15, 0.2) is 29.2 Å². The third-order valence-electron chi connectivity index (χ3n) is 3.17. The van der Waals surface area contributed by atoms with Gasteiger partial charge in [-0.05, 0) is 25.3 Å². The topological polar surface area (TPSA) is 83.5 Å². The monoisotopic (exact) mass is 331 g/mol. The average Bonchev–Trinajstić information content (AvgIpc) is 2.47. The van der Waals surface area contributed by atoms with Crippen molar-refractivity contribution in [1.29, 1.82) is 0 Å². The molecule has 0 fully saturated rings. The Bertz CT molecular complexity index is 582. The van der Waals surface area contributed by atoms with Gasteiger partial charge in [-0.3, -0.25) is 4.79 Å². The van der Waals surface area contributed by atoms with Crippen LogP contribution in [0.3, 0.4) is 0 Å². The van der Waals surface area contributed by atoms with E-state index in [0.29, 0.717) is 12.0 Å². The second-order valence-corrected chi connectivity index (χ2v) is 7.46. The number of aliphatic hydroxyl groups is 1. The minimum absolute atomic E-state index is 0.0615. The number of Topliss-reactive ketones (excluding diaryl/α,β-unsaturated/α-hetero) is 1. The van der Waals surface area contributed by atoms with Crippen LogP contribution in [0.25, 0.3) is 0 Å². The summed E-state index contributed by atoms with van der Waals surface area (Å²) in [5.41, 5.74) is 0.386. The predicted octanol–water partition coefficient (Wildman–Crippen LogP) is 1.67. The van der Waals surface area contributed by atoms with Gasteiger partial charge in [0.2, 0.25) is 10.0 Å². The molecule has 0 aliphatic heterocycles. The van der Waals surface area contributed by atoms with E-state index < -0.39 is 16.1 Å². The first-order valence-corrected chi connectivity index (χ1v) is 9.42. The zero-order chi connectivity index (χ0) is 16.0. The molecule has 0 heterocycles. The van der Waals surface area contributed by atoms with Crippen molar-refractivity contribution in [2.75, 3.05) is 12.9 Å². The Hall–Kier alpha value is -0.890. The van der Waals surface area contributed by atoms with Crippen molar-refractivity contribution in [2.24, 2.45) is 0 Å². The molecule has 0 bridgehead atoms. The Kier molecular flexibility index (Phi) is 6.86. The molecule has 1 aromatic rings. The molecule has 0 aliphatic carbocycles. The number of aliphatic hydroxyl groups excluding tert-OH is 1. The summed E-state index contributed by atoms with van der Waals surface area (Å²) in [5, 5.41) is 8.99. The molecule has 118 valence electrons. The van der Waals surface area contributed by atoms with E-state index in [2.05, 4.69) is 4.72 Å². The first-order chi connectivity index (χ1) is 9.85. The lowest BCUT2D eigenvalue weighted by Crippen LogP contribution is -2.41. The van der Waals surface area contributed by atoms with Crippen LogP contribution in [0.4, 0.5) is 0 Å². The quantitative estimate of drug-likeness (QED) is 0.708. The molecule has 2 N–H and O–H groups in total. The van der Waals surface area contributed by atoms with Crippen molar-refractivity contribution >= 4 is 27.6 Å². The molecule has 0 aliphatic rings. The average molecular weight is 331 g/mol. The predicted molar refractivity (Wildman–Crippen MR) is 85.2 cm³/mol. The molecule has 5 nitrogen and oxygen atoms in total. The lowest BCUT2D eigenvalue weighted by atomic mass is 10.1. The second-order valence-electron chi connectivity index (χ2n) is 4.67. The highest BCUT2D eigenvalue weighted by atomic mass is 32.2. The summed E-state index contributed by atoms with van der Waals surface area (Å²) >= 11 is 1.39. The molecule has 0 saturated heterocycles. The number of sulfonamides is 1. The molecule has 1 rings (SSSR count). The molecule has 0 amide bonds. The zero-order valence-electron chi connectivity index (χ0n) is 12.4. The van der Waals surface area contributed by atoms with Gasteiger partial charge in [-0.25, -0.2) is 13.1 Å². The summed E-state index contributed by atoms with van der Waals surface area (Å²) in [5.74, 6) is -0.0996. The van der Waals surface area contributed by atoms with E-state index in [4.69, 9.17) is 0 Å². The third kappa shape index (κ3) is 4.81. The summed E-state index contributed by atoms with van der Waals surface area (Å²) in [4.78, 5) is 11.7. The maximum absolute atomic E-state index is 12.3. The standard InChI is InChI=1S/C14H21NO4S2/c1-4-13(17)11-6-5-7-12(8-11)21(18,19)15-10(2)14(9-16)20-3/h5-8,10,14-16H,4,9H2,1-3H3. The molecule has 0 aromatic heterocycles. The van der Waals surface area contributed by atoms with Gasteiger partial charge < -0.3 is 5.11 Å². The van der Waals surface area contributed by atoms with Gasteiger partial charge in [0, 0.05) is 23.3 Å². The van der Waals surface area contributed by atoms with Crippen LogP contribution in [0, 0.1) is 0 Å². The van der Waals surface area contributed by atoms with Crippen molar-refractivity contribution in [3.05, 3.63) is 29.8 Å².